The lowest BCUT2D eigenvalue weighted by atomic mass is 10.0. The Morgan fingerprint density at radius 1 is 0.720 bits per heavy atom. The van der Waals surface area contributed by atoms with Gasteiger partial charge in [-0.25, -0.2) is 0 Å². The number of ketones is 1. The lowest BCUT2D eigenvalue weighted by Crippen LogP contribution is -2.00. The molecular formula is C19H14O5S. The second-order valence-electron chi connectivity index (χ2n) is 5.27. The zero-order valence-corrected chi connectivity index (χ0v) is 13.8. The summed E-state index contributed by atoms with van der Waals surface area (Å²) < 4.78 is 36.6. The van der Waals surface area contributed by atoms with Gasteiger partial charge < -0.3 is 4.74 Å². The van der Waals surface area contributed by atoms with Crippen LogP contribution in [0.4, 0.5) is 0 Å². The highest BCUT2D eigenvalue weighted by Crippen LogP contribution is 2.24. The fourth-order valence-corrected chi connectivity index (χ4v) is 2.73. The molecule has 0 radical (unpaired) electrons. The number of carbonyl (C=O) groups is 1. The number of rotatable bonds is 5. The third-order valence-corrected chi connectivity index (χ3v) is 4.38. The summed E-state index contributed by atoms with van der Waals surface area (Å²) in [5, 5.41) is 0. The van der Waals surface area contributed by atoms with E-state index in [4.69, 9.17) is 9.29 Å². The van der Waals surface area contributed by atoms with Gasteiger partial charge in [0.1, 0.15) is 11.5 Å². The van der Waals surface area contributed by atoms with Gasteiger partial charge in [0.2, 0.25) is 0 Å². The summed E-state index contributed by atoms with van der Waals surface area (Å²) in [5.41, 5.74) is 1.15. The number of benzene rings is 3. The molecular weight excluding hydrogens is 340 g/mol. The van der Waals surface area contributed by atoms with E-state index in [0.717, 1.165) is 0 Å². The monoisotopic (exact) mass is 354 g/mol. The lowest BCUT2D eigenvalue weighted by Gasteiger charge is -2.07. The normalized spacial score (nSPS) is 11.1. The van der Waals surface area contributed by atoms with Crippen molar-refractivity contribution in [2.45, 2.75) is 4.90 Å². The maximum Gasteiger partial charge on any atom is 0.294 e. The highest BCUT2D eigenvalue weighted by atomic mass is 32.2. The van der Waals surface area contributed by atoms with Gasteiger partial charge >= 0.3 is 0 Å². The fraction of sp³-hybridized carbons (Fsp3) is 0. The smallest absolute Gasteiger partial charge is 0.294 e. The van der Waals surface area contributed by atoms with E-state index in [9.17, 15) is 13.2 Å². The zero-order chi connectivity index (χ0) is 17.9. The Morgan fingerprint density at radius 3 is 1.72 bits per heavy atom. The number of carbonyl (C=O) groups excluding carboxylic acids is 1. The van der Waals surface area contributed by atoms with Crippen molar-refractivity contribution in [3.05, 3.63) is 90.0 Å². The highest BCUT2D eigenvalue weighted by Gasteiger charge is 2.10. The van der Waals surface area contributed by atoms with Crippen molar-refractivity contribution in [3.63, 3.8) is 0 Å². The summed E-state index contributed by atoms with van der Waals surface area (Å²) in [4.78, 5) is 12.1. The first-order valence-corrected chi connectivity index (χ1v) is 8.83. The first-order valence-electron chi connectivity index (χ1n) is 7.39. The predicted molar refractivity (Wildman–Crippen MR) is 92.6 cm³/mol. The summed E-state index contributed by atoms with van der Waals surface area (Å²) >= 11 is 0. The maximum atomic E-state index is 12.3. The molecule has 5 nitrogen and oxygen atoms in total. The van der Waals surface area contributed by atoms with Gasteiger partial charge in [0.25, 0.3) is 10.1 Å². The minimum atomic E-state index is -4.23. The van der Waals surface area contributed by atoms with Crippen molar-refractivity contribution < 1.29 is 22.5 Å². The van der Waals surface area contributed by atoms with Gasteiger partial charge in [0, 0.05) is 11.1 Å². The van der Waals surface area contributed by atoms with Crippen molar-refractivity contribution in [2.75, 3.05) is 0 Å². The first-order chi connectivity index (χ1) is 11.9. The second-order valence-corrected chi connectivity index (χ2v) is 6.69. The number of ether oxygens (including phenoxy) is 1. The van der Waals surface area contributed by atoms with Gasteiger partial charge in [0.05, 0.1) is 4.90 Å². The molecule has 0 saturated heterocycles. The molecule has 0 spiro atoms. The van der Waals surface area contributed by atoms with E-state index >= 15 is 0 Å². The van der Waals surface area contributed by atoms with E-state index in [1.54, 1.807) is 48.5 Å². The average molecular weight is 354 g/mol. The second kappa shape index (κ2) is 6.88. The molecule has 0 bridgehead atoms. The minimum absolute atomic E-state index is 0.0790. The van der Waals surface area contributed by atoms with Crippen molar-refractivity contribution in [1.82, 2.24) is 0 Å². The van der Waals surface area contributed by atoms with Crippen molar-refractivity contribution in [3.8, 4) is 11.5 Å². The maximum absolute atomic E-state index is 12.3. The van der Waals surface area contributed by atoms with Crippen LogP contribution in [0.25, 0.3) is 0 Å². The molecule has 3 aromatic carbocycles. The molecule has 0 heterocycles. The Bertz CT molecular complexity index is 976. The standard InChI is InChI=1S/C19H14O5S/c20-19(14-4-2-1-3-5-14)15-6-8-16(9-7-15)24-17-10-12-18(13-11-17)25(21,22)23/h1-13H,(H,21,22,23). The predicted octanol–water partition coefficient (Wildman–Crippen LogP) is 3.96. The van der Waals surface area contributed by atoms with Gasteiger partial charge in [-0.3, -0.25) is 9.35 Å². The Hall–Kier alpha value is -2.96. The first kappa shape index (κ1) is 16.9. The van der Waals surface area contributed by atoms with Crippen LogP contribution in [0, 0.1) is 0 Å². The van der Waals surface area contributed by atoms with Crippen LogP contribution in [0.2, 0.25) is 0 Å². The van der Waals surface area contributed by atoms with Gasteiger partial charge in [0.15, 0.2) is 5.78 Å². The Balaban J connectivity index is 1.74. The van der Waals surface area contributed by atoms with Crippen molar-refractivity contribution >= 4 is 15.9 Å². The van der Waals surface area contributed by atoms with Crippen LogP contribution in [0.1, 0.15) is 15.9 Å². The van der Waals surface area contributed by atoms with E-state index in [0.29, 0.717) is 22.6 Å². The molecule has 126 valence electrons. The Morgan fingerprint density at radius 2 is 1.20 bits per heavy atom. The minimum Gasteiger partial charge on any atom is -0.457 e. The molecule has 0 atom stereocenters. The summed E-state index contributed by atoms with van der Waals surface area (Å²) in [5.74, 6) is 0.836. The van der Waals surface area contributed by atoms with Gasteiger partial charge in [-0.15, -0.1) is 0 Å². The molecule has 0 aliphatic rings. The molecule has 6 heteroatoms. The van der Waals surface area contributed by atoms with E-state index in [1.165, 1.54) is 24.3 Å². The highest BCUT2D eigenvalue weighted by molar-refractivity contribution is 7.85. The summed E-state index contributed by atoms with van der Waals surface area (Å²) in [6.45, 7) is 0. The average Bonchev–Trinajstić information content (AvgIpc) is 2.62. The number of hydrogen-bond donors (Lipinski definition) is 1. The largest absolute Gasteiger partial charge is 0.457 e. The van der Waals surface area contributed by atoms with Gasteiger partial charge in [-0.2, -0.15) is 8.42 Å². The third kappa shape index (κ3) is 4.12. The Kier molecular flexibility index (Phi) is 4.65. The van der Waals surface area contributed by atoms with Crippen LogP contribution in [0.15, 0.2) is 83.8 Å². The van der Waals surface area contributed by atoms with Crippen molar-refractivity contribution in [2.24, 2.45) is 0 Å². The molecule has 0 saturated carbocycles. The molecule has 3 aromatic rings. The molecule has 0 aromatic heterocycles. The molecule has 3 rings (SSSR count). The summed E-state index contributed by atoms with van der Waals surface area (Å²) in [6, 6.07) is 21.0. The van der Waals surface area contributed by atoms with E-state index in [2.05, 4.69) is 0 Å². The summed E-state index contributed by atoms with van der Waals surface area (Å²) in [6.07, 6.45) is 0. The number of hydrogen-bond acceptors (Lipinski definition) is 4. The van der Waals surface area contributed by atoms with Crippen molar-refractivity contribution in [1.29, 1.82) is 0 Å². The molecule has 0 fully saturated rings. The van der Waals surface area contributed by atoms with Crippen LogP contribution in [0.3, 0.4) is 0 Å². The topological polar surface area (TPSA) is 80.7 Å². The molecule has 0 aliphatic heterocycles. The van der Waals surface area contributed by atoms with Crippen LogP contribution in [-0.2, 0) is 10.1 Å². The van der Waals surface area contributed by atoms with E-state index in [-0.39, 0.29) is 10.7 Å². The SMILES string of the molecule is O=C(c1ccccc1)c1ccc(Oc2ccc(S(=O)(=O)O)cc2)cc1. The van der Waals surface area contributed by atoms with E-state index < -0.39 is 10.1 Å². The molecule has 25 heavy (non-hydrogen) atoms. The summed E-state index contributed by atoms with van der Waals surface area (Å²) in [7, 11) is -4.23. The third-order valence-electron chi connectivity index (χ3n) is 3.51. The molecule has 0 aliphatic carbocycles. The lowest BCUT2D eigenvalue weighted by molar-refractivity contribution is 0.103. The fourth-order valence-electron chi connectivity index (χ4n) is 2.25. The zero-order valence-electron chi connectivity index (χ0n) is 13.0. The van der Waals surface area contributed by atoms with Crippen LogP contribution in [-0.4, -0.2) is 18.8 Å². The molecule has 0 amide bonds. The Labute approximate surface area is 145 Å². The molecule has 0 unspecified atom stereocenters. The van der Waals surface area contributed by atoms with Crippen LogP contribution >= 0.6 is 0 Å². The quantitative estimate of drug-likeness (QED) is 0.554. The molecule has 1 N–H and O–H groups in total. The van der Waals surface area contributed by atoms with Gasteiger partial charge in [-0.05, 0) is 48.5 Å². The van der Waals surface area contributed by atoms with E-state index in [1.807, 2.05) is 6.07 Å². The van der Waals surface area contributed by atoms with Crippen LogP contribution < -0.4 is 4.74 Å². The van der Waals surface area contributed by atoms with Crippen LogP contribution in [0.5, 0.6) is 11.5 Å². The van der Waals surface area contributed by atoms with Gasteiger partial charge in [-0.1, -0.05) is 30.3 Å².